The number of nitrogens with zero attached hydrogens (tertiary/aromatic N) is 1. The molecule has 1 aliphatic carbocycles. The Balaban J connectivity index is 2.21. The number of rotatable bonds is 1. The van der Waals surface area contributed by atoms with E-state index in [1.807, 2.05) is 0 Å². The molecule has 0 amide bonds. The van der Waals surface area contributed by atoms with Crippen molar-refractivity contribution in [3.63, 3.8) is 0 Å². The molecule has 0 aliphatic heterocycles. The third-order valence-electron chi connectivity index (χ3n) is 3.72. The molecule has 1 N–H and O–H groups in total. The second-order valence-corrected chi connectivity index (χ2v) is 4.54. The molecular weight excluding hydrogens is 229 g/mol. The quantitative estimate of drug-likeness (QED) is 0.811. The molecule has 3 rings (SSSR count). The summed E-state index contributed by atoms with van der Waals surface area (Å²) in [4.78, 5) is 6.86. The molecule has 2 heterocycles. The molecule has 5 heteroatoms. The van der Waals surface area contributed by atoms with Crippen LogP contribution in [-0.4, -0.2) is 16.1 Å². The number of hydrogen-bond acceptors (Lipinski definition) is 1. The van der Waals surface area contributed by atoms with Crippen LogP contribution in [-0.2, 0) is 5.41 Å². The third kappa shape index (κ3) is 1.31. The minimum absolute atomic E-state index is 0.179. The molecule has 1 aliphatic rings. The predicted octanol–water partition coefficient (Wildman–Crippen LogP) is 3.55. The van der Waals surface area contributed by atoms with Crippen molar-refractivity contribution in [1.82, 2.24) is 9.97 Å². The van der Waals surface area contributed by atoms with Crippen LogP contribution in [0.3, 0.4) is 0 Å². The van der Waals surface area contributed by atoms with Gasteiger partial charge in [0.15, 0.2) is 0 Å². The lowest BCUT2D eigenvalue weighted by Crippen LogP contribution is -2.47. The van der Waals surface area contributed by atoms with Gasteiger partial charge in [-0.2, -0.15) is 13.2 Å². The van der Waals surface area contributed by atoms with Gasteiger partial charge in [0.25, 0.3) is 0 Å². The van der Waals surface area contributed by atoms with Gasteiger partial charge < -0.3 is 4.98 Å². The number of aromatic amines is 1. The lowest BCUT2D eigenvalue weighted by Gasteiger charge is -2.43. The van der Waals surface area contributed by atoms with Crippen molar-refractivity contribution in [2.45, 2.75) is 30.9 Å². The number of fused-ring (bicyclic) bond motifs is 1. The summed E-state index contributed by atoms with van der Waals surface area (Å²) in [6.07, 6.45) is -0.159. The molecule has 2 nitrogen and oxygen atoms in total. The smallest absolute Gasteiger partial charge is 0.346 e. The van der Waals surface area contributed by atoms with Crippen LogP contribution in [0.4, 0.5) is 13.2 Å². The Bertz CT molecular complexity index is 552. The number of pyridine rings is 1. The Morgan fingerprint density at radius 3 is 2.65 bits per heavy atom. The molecule has 1 saturated carbocycles. The second-order valence-electron chi connectivity index (χ2n) is 4.54. The van der Waals surface area contributed by atoms with Crippen molar-refractivity contribution in [2.75, 3.05) is 0 Å². The van der Waals surface area contributed by atoms with E-state index in [2.05, 4.69) is 9.97 Å². The van der Waals surface area contributed by atoms with Crippen LogP contribution in [0.2, 0.25) is 0 Å². The first-order valence-corrected chi connectivity index (χ1v) is 5.54. The van der Waals surface area contributed by atoms with Crippen molar-refractivity contribution in [1.29, 1.82) is 0 Å². The first-order valence-electron chi connectivity index (χ1n) is 5.54. The van der Waals surface area contributed by atoms with E-state index >= 15 is 0 Å². The van der Waals surface area contributed by atoms with E-state index in [1.165, 1.54) is 6.20 Å². The number of hydrogen-bond donors (Lipinski definition) is 1. The fraction of sp³-hybridized carbons (Fsp3) is 0.417. The van der Waals surface area contributed by atoms with Crippen LogP contribution in [0.25, 0.3) is 11.0 Å². The molecule has 0 bridgehead atoms. The van der Waals surface area contributed by atoms with Crippen molar-refractivity contribution in [3.8, 4) is 0 Å². The van der Waals surface area contributed by atoms with Crippen molar-refractivity contribution >= 4 is 11.0 Å². The van der Waals surface area contributed by atoms with Crippen LogP contribution in [0.5, 0.6) is 0 Å². The van der Waals surface area contributed by atoms with Gasteiger partial charge in [-0.15, -0.1) is 0 Å². The largest absolute Gasteiger partial charge is 0.398 e. The summed E-state index contributed by atoms with van der Waals surface area (Å²) in [6, 6.07) is 3.36. The summed E-state index contributed by atoms with van der Waals surface area (Å²) in [5, 5.41) is 0.588. The van der Waals surface area contributed by atoms with Crippen LogP contribution >= 0.6 is 0 Å². The average molecular weight is 240 g/mol. The topological polar surface area (TPSA) is 28.7 Å². The Kier molecular flexibility index (Phi) is 2.03. The fourth-order valence-corrected chi connectivity index (χ4v) is 2.59. The van der Waals surface area contributed by atoms with Crippen LogP contribution in [0.15, 0.2) is 24.5 Å². The van der Waals surface area contributed by atoms with Gasteiger partial charge in [0.1, 0.15) is 5.65 Å². The molecule has 90 valence electrons. The van der Waals surface area contributed by atoms with E-state index in [0.29, 0.717) is 23.0 Å². The summed E-state index contributed by atoms with van der Waals surface area (Å²) in [7, 11) is 0. The summed E-state index contributed by atoms with van der Waals surface area (Å²) in [5.74, 6) is 0. The first-order chi connectivity index (χ1) is 8.05. The third-order valence-corrected chi connectivity index (χ3v) is 3.72. The number of alkyl halides is 3. The number of halogens is 3. The zero-order chi connectivity index (χ0) is 12.1. The van der Waals surface area contributed by atoms with Gasteiger partial charge in [-0.05, 0) is 30.5 Å². The summed E-state index contributed by atoms with van der Waals surface area (Å²) in [6.45, 7) is 0. The lowest BCUT2D eigenvalue weighted by molar-refractivity contribution is -0.212. The second kappa shape index (κ2) is 3.24. The fourth-order valence-electron chi connectivity index (χ4n) is 2.59. The Morgan fingerprint density at radius 1 is 1.29 bits per heavy atom. The first kappa shape index (κ1) is 10.6. The lowest BCUT2D eigenvalue weighted by atomic mass is 9.64. The summed E-state index contributed by atoms with van der Waals surface area (Å²) >= 11 is 0. The van der Waals surface area contributed by atoms with E-state index in [4.69, 9.17) is 0 Å². The van der Waals surface area contributed by atoms with Crippen LogP contribution < -0.4 is 0 Å². The maximum Gasteiger partial charge on any atom is 0.398 e. The Hall–Kier alpha value is -1.52. The monoisotopic (exact) mass is 240 g/mol. The van der Waals surface area contributed by atoms with E-state index in [-0.39, 0.29) is 12.8 Å². The van der Waals surface area contributed by atoms with Gasteiger partial charge in [-0.1, -0.05) is 6.42 Å². The van der Waals surface area contributed by atoms with Crippen LogP contribution in [0.1, 0.15) is 24.8 Å². The molecule has 0 radical (unpaired) electrons. The number of nitrogens with one attached hydrogen (secondary N) is 1. The molecule has 2 aromatic rings. The standard InChI is InChI=1S/C12H11F3N2/c13-12(14,15)11(4-2-5-11)9-7-17-10-8(9)3-1-6-16-10/h1,3,6-7H,2,4-5H2,(H,16,17). The van der Waals surface area contributed by atoms with E-state index in [9.17, 15) is 13.2 Å². The highest BCUT2D eigenvalue weighted by Crippen LogP contribution is 2.55. The van der Waals surface area contributed by atoms with Gasteiger partial charge in [0.2, 0.25) is 0 Å². The minimum atomic E-state index is -4.18. The maximum atomic E-state index is 13.2. The SMILES string of the molecule is FC(F)(F)C1(c2c[nH]c3ncccc23)CCC1. The van der Waals surface area contributed by atoms with Gasteiger partial charge in [-0.3, -0.25) is 0 Å². The molecule has 0 atom stereocenters. The number of H-pyrrole nitrogens is 1. The molecule has 0 saturated heterocycles. The molecule has 0 unspecified atom stereocenters. The molecule has 2 aromatic heterocycles. The van der Waals surface area contributed by atoms with Crippen molar-refractivity contribution in [3.05, 3.63) is 30.1 Å². The maximum absolute atomic E-state index is 13.2. The highest BCUT2D eigenvalue weighted by molar-refractivity contribution is 5.81. The Labute approximate surface area is 95.9 Å². The predicted molar refractivity (Wildman–Crippen MR) is 57.7 cm³/mol. The summed E-state index contributed by atoms with van der Waals surface area (Å²) in [5.41, 5.74) is -0.786. The van der Waals surface area contributed by atoms with E-state index in [1.54, 1.807) is 18.3 Å². The van der Waals surface area contributed by atoms with Gasteiger partial charge >= 0.3 is 6.18 Å². The van der Waals surface area contributed by atoms with Crippen molar-refractivity contribution < 1.29 is 13.2 Å². The average Bonchev–Trinajstić information content (AvgIpc) is 2.59. The van der Waals surface area contributed by atoms with Gasteiger partial charge in [-0.25, -0.2) is 4.98 Å². The van der Waals surface area contributed by atoms with Crippen molar-refractivity contribution in [2.24, 2.45) is 0 Å². The van der Waals surface area contributed by atoms with E-state index < -0.39 is 11.6 Å². The molecular formula is C12H11F3N2. The highest BCUT2D eigenvalue weighted by atomic mass is 19.4. The number of aromatic nitrogens is 2. The van der Waals surface area contributed by atoms with Crippen LogP contribution in [0, 0.1) is 0 Å². The van der Waals surface area contributed by atoms with Gasteiger partial charge in [0, 0.05) is 17.8 Å². The normalized spacial score (nSPS) is 19.2. The zero-order valence-corrected chi connectivity index (χ0v) is 9.01. The molecule has 1 fully saturated rings. The highest BCUT2D eigenvalue weighted by Gasteiger charge is 2.60. The van der Waals surface area contributed by atoms with E-state index in [0.717, 1.165) is 0 Å². The summed E-state index contributed by atoms with van der Waals surface area (Å²) < 4.78 is 39.6. The Morgan fingerprint density at radius 2 is 2.06 bits per heavy atom. The molecule has 17 heavy (non-hydrogen) atoms. The van der Waals surface area contributed by atoms with Gasteiger partial charge in [0.05, 0.1) is 5.41 Å². The molecule has 0 spiro atoms. The molecule has 0 aromatic carbocycles. The zero-order valence-electron chi connectivity index (χ0n) is 9.01. The minimum Gasteiger partial charge on any atom is -0.346 e.